The van der Waals surface area contributed by atoms with Gasteiger partial charge in [0.1, 0.15) is 11.2 Å². The Morgan fingerprint density at radius 1 is 0.434 bits per heavy atom. The molecule has 0 amide bonds. The number of anilines is 8. The fourth-order valence-corrected chi connectivity index (χ4v) is 18.6. The van der Waals surface area contributed by atoms with Crippen LogP contribution in [0.4, 0.5) is 45.5 Å². The van der Waals surface area contributed by atoms with Gasteiger partial charge in [0.15, 0.2) is 0 Å². The fraction of sp³-hybridized carbons (Fsp3) is 0.462. The summed E-state index contributed by atoms with van der Waals surface area (Å²) < 4.78 is 6.90. The molecular formula is C78H90BN3O. The van der Waals surface area contributed by atoms with Crippen LogP contribution in [0.2, 0.25) is 0 Å². The maximum atomic E-state index is 6.90. The predicted octanol–water partition coefficient (Wildman–Crippen LogP) is 19.7. The Kier molecular flexibility index (Phi) is 10.7. The quantitative estimate of drug-likeness (QED) is 0.165. The van der Waals surface area contributed by atoms with Crippen molar-refractivity contribution in [3.63, 3.8) is 0 Å². The van der Waals surface area contributed by atoms with Crippen LogP contribution in [0, 0.1) is 6.92 Å². The molecule has 8 aromatic rings. The molecule has 83 heavy (non-hydrogen) atoms. The van der Waals surface area contributed by atoms with Crippen LogP contribution in [0.3, 0.4) is 0 Å². The van der Waals surface area contributed by atoms with E-state index in [0.717, 1.165) is 55.1 Å². The van der Waals surface area contributed by atoms with Crippen molar-refractivity contribution in [1.82, 2.24) is 0 Å². The van der Waals surface area contributed by atoms with Crippen molar-refractivity contribution in [3.05, 3.63) is 159 Å². The Hall–Kier alpha value is -6.20. The molecule has 4 aliphatic carbocycles. The highest BCUT2D eigenvalue weighted by atomic mass is 16.3. The molecule has 1 fully saturated rings. The number of hydrogen-bond acceptors (Lipinski definition) is 4. The van der Waals surface area contributed by atoms with Crippen molar-refractivity contribution >= 4 is 90.5 Å². The number of aryl methyl sites for hydroxylation is 1. The van der Waals surface area contributed by atoms with E-state index in [1.165, 1.54) is 137 Å². The number of benzene rings is 7. The van der Waals surface area contributed by atoms with Crippen LogP contribution in [0.1, 0.15) is 226 Å². The lowest BCUT2D eigenvalue weighted by Crippen LogP contribution is -2.62. The molecule has 0 radical (unpaired) electrons. The maximum absolute atomic E-state index is 6.90. The van der Waals surface area contributed by atoms with Crippen LogP contribution in [-0.2, 0) is 43.3 Å². The molecule has 2 atom stereocenters. The van der Waals surface area contributed by atoms with E-state index < -0.39 is 0 Å². The van der Waals surface area contributed by atoms with Crippen LogP contribution >= 0.6 is 0 Å². The second kappa shape index (κ2) is 16.6. The normalized spacial score (nSPS) is 24.2. The van der Waals surface area contributed by atoms with Crippen molar-refractivity contribution in [2.45, 2.75) is 231 Å². The molecule has 1 saturated carbocycles. The van der Waals surface area contributed by atoms with Gasteiger partial charge in [-0.1, -0.05) is 178 Å². The SMILES string of the molecule is Cc1cc2c(cc1N1c3cc4c(cc3B3c5cc6c(cc5N(c5cccc7oc8ccccc8c57)c5cc(N7c8ccc(C(C)(C)C)cc8C8(C)CCCCC78C)cc1c53)C(C)(C)CCC6(C)C)C(C)(C)CCC4(C)C)C(C)(C)CC2(C)C. The van der Waals surface area contributed by atoms with Crippen LogP contribution in [-0.4, -0.2) is 12.3 Å². The summed E-state index contributed by atoms with van der Waals surface area (Å²) in [4.78, 5) is 8.47. The highest BCUT2D eigenvalue weighted by molar-refractivity contribution is 7.00. The first-order valence-corrected chi connectivity index (χ1v) is 32.0. The molecule has 7 aliphatic rings. The molecule has 0 bridgehead atoms. The van der Waals surface area contributed by atoms with Crippen molar-refractivity contribution < 1.29 is 4.42 Å². The monoisotopic (exact) mass is 1100 g/mol. The minimum Gasteiger partial charge on any atom is -0.456 e. The topological polar surface area (TPSA) is 22.9 Å². The van der Waals surface area contributed by atoms with Gasteiger partial charge in [0.05, 0.1) is 16.6 Å². The zero-order valence-corrected chi connectivity index (χ0v) is 53.6. The summed E-state index contributed by atoms with van der Waals surface area (Å²) in [6.07, 6.45) is 10.5. The highest BCUT2D eigenvalue weighted by Crippen LogP contribution is 2.63. The molecule has 4 heterocycles. The highest BCUT2D eigenvalue weighted by Gasteiger charge is 2.59. The standard InChI is InChI=1S/C78H90BN3O/c1-46-36-50-55(76(15,16)45-75(50,13)14)42-61(46)81-63-44-54-52(72(7,8)33-35-74(54,11)12)41-58(63)79-57-40-51-53(73(9,10)34-32-71(51,5)6)43-62(57)80(60-25-23-27-67-68(60)49-24-19-20-26-66(49)83-67)64-38-48(39-65(81)69(64)79)82-59-29-28-47(70(2,3)4)37-56(59)77(17)30-21-22-31-78(77,82)18/h19-20,23-29,36-44H,21-22,30-35,45H2,1-18H3. The Balaban J connectivity index is 1.14. The Morgan fingerprint density at radius 3 is 1.53 bits per heavy atom. The van der Waals surface area contributed by atoms with Gasteiger partial charge in [-0.2, -0.15) is 0 Å². The number of para-hydroxylation sites is 1. The minimum atomic E-state index is -0.178. The second-order valence-electron chi connectivity index (χ2n) is 33.0. The third-order valence-corrected chi connectivity index (χ3v) is 23.8. The molecule has 3 aliphatic heterocycles. The van der Waals surface area contributed by atoms with E-state index in [2.05, 4.69) is 249 Å². The van der Waals surface area contributed by atoms with E-state index in [9.17, 15) is 0 Å². The van der Waals surface area contributed by atoms with Gasteiger partial charge in [0, 0.05) is 50.6 Å². The lowest BCUT2D eigenvalue weighted by Gasteiger charge is -2.52. The molecule has 5 heteroatoms. The van der Waals surface area contributed by atoms with Crippen molar-refractivity contribution in [3.8, 4) is 0 Å². The largest absolute Gasteiger partial charge is 0.456 e. The minimum absolute atomic E-state index is 0.00402. The Labute approximate surface area is 497 Å². The summed E-state index contributed by atoms with van der Waals surface area (Å²) in [5, 5.41) is 2.32. The second-order valence-corrected chi connectivity index (χ2v) is 33.0. The summed E-state index contributed by atoms with van der Waals surface area (Å²) in [5.74, 6) is 0. The first-order chi connectivity index (χ1) is 38.9. The van der Waals surface area contributed by atoms with Crippen LogP contribution < -0.4 is 31.1 Å². The van der Waals surface area contributed by atoms with E-state index in [0.29, 0.717) is 0 Å². The molecule has 7 aromatic carbocycles. The lowest BCUT2D eigenvalue weighted by atomic mass is 9.32. The average molecular weight is 1100 g/mol. The summed E-state index contributed by atoms with van der Waals surface area (Å²) in [5.41, 5.74) is 29.6. The van der Waals surface area contributed by atoms with Crippen LogP contribution in [0.5, 0.6) is 0 Å². The summed E-state index contributed by atoms with van der Waals surface area (Å²) in [6, 6.07) is 44.8. The third kappa shape index (κ3) is 7.18. The summed E-state index contributed by atoms with van der Waals surface area (Å²) in [7, 11) is 0. The fourth-order valence-electron chi connectivity index (χ4n) is 18.6. The molecule has 0 N–H and O–H groups in total. The summed E-state index contributed by atoms with van der Waals surface area (Å²) in [6.45, 7) is 44.9. The smallest absolute Gasteiger partial charge is 0.252 e. The summed E-state index contributed by atoms with van der Waals surface area (Å²) >= 11 is 0. The van der Waals surface area contributed by atoms with Crippen LogP contribution in [0.15, 0.2) is 114 Å². The number of furan rings is 1. The molecular weight excluding hydrogens is 1010 g/mol. The molecule has 15 rings (SSSR count). The van der Waals surface area contributed by atoms with Gasteiger partial charge >= 0.3 is 0 Å². The third-order valence-electron chi connectivity index (χ3n) is 23.8. The zero-order valence-electron chi connectivity index (χ0n) is 53.6. The first-order valence-electron chi connectivity index (χ1n) is 32.0. The molecule has 2 unspecified atom stereocenters. The zero-order chi connectivity index (χ0) is 58.5. The van der Waals surface area contributed by atoms with Gasteiger partial charge < -0.3 is 19.1 Å². The van der Waals surface area contributed by atoms with Gasteiger partial charge in [0.25, 0.3) is 6.71 Å². The molecule has 0 saturated heterocycles. The average Bonchev–Trinajstić information content (AvgIpc) is 1.66. The molecule has 426 valence electrons. The Bertz CT molecular complexity index is 4150. The lowest BCUT2D eigenvalue weighted by molar-refractivity contribution is 0.195. The predicted molar refractivity (Wildman–Crippen MR) is 355 cm³/mol. The van der Waals surface area contributed by atoms with E-state index in [4.69, 9.17) is 4.42 Å². The van der Waals surface area contributed by atoms with Gasteiger partial charge in [-0.15, -0.1) is 0 Å². The number of hydrogen-bond donors (Lipinski definition) is 0. The van der Waals surface area contributed by atoms with E-state index in [1.807, 2.05) is 0 Å². The Morgan fingerprint density at radius 2 is 0.940 bits per heavy atom. The van der Waals surface area contributed by atoms with E-state index >= 15 is 0 Å². The number of rotatable bonds is 3. The number of nitrogens with zero attached hydrogens (tertiary/aromatic N) is 3. The molecule has 0 spiro atoms. The van der Waals surface area contributed by atoms with Gasteiger partial charge in [-0.05, 0) is 218 Å². The van der Waals surface area contributed by atoms with Crippen LogP contribution in [0.25, 0.3) is 21.9 Å². The molecule has 4 nitrogen and oxygen atoms in total. The molecule has 1 aromatic heterocycles. The van der Waals surface area contributed by atoms with E-state index in [1.54, 1.807) is 0 Å². The van der Waals surface area contributed by atoms with Gasteiger partial charge in [-0.3, -0.25) is 0 Å². The maximum Gasteiger partial charge on any atom is 0.252 e. The van der Waals surface area contributed by atoms with E-state index in [-0.39, 0.29) is 55.6 Å². The van der Waals surface area contributed by atoms with Gasteiger partial charge in [0.2, 0.25) is 0 Å². The van der Waals surface area contributed by atoms with Gasteiger partial charge in [-0.25, -0.2) is 0 Å². The number of fused-ring (bicyclic) bond motifs is 13. The van der Waals surface area contributed by atoms with Crippen molar-refractivity contribution in [1.29, 1.82) is 0 Å². The first kappa shape index (κ1) is 53.5. The van der Waals surface area contributed by atoms with Crippen molar-refractivity contribution in [2.75, 3.05) is 14.7 Å². The van der Waals surface area contributed by atoms with Crippen molar-refractivity contribution in [2.24, 2.45) is 0 Å².